The Balaban J connectivity index is 1.21. The molecule has 0 unspecified atom stereocenters. The number of urea groups is 1. The van der Waals surface area contributed by atoms with E-state index in [1.54, 1.807) is 7.11 Å². The van der Waals surface area contributed by atoms with Gasteiger partial charge in [-0.05, 0) is 73.5 Å². The van der Waals surface area contributed by atoms with Crippen molar-refractivity contribution in [3.8, 4) is 5.75 Å². The van der Waals surface area contributed by atoms with E-state index in [2.05, 4.69) is 22.8 Å². The van der Waals surface area contributed by atoms with E-state index in [-0.39, 0.29) is 6.03 Å². The molecule has 4 nitrogen and oxygen atoms in total. The molecule has 0 spiro atoms. The summed E-state index contributed by atoms with van der Waals surface area (Å²) in [6.07, 6.45) is 7.64. The van der Waals surface area contributed by atoms with Crippen LogP contribution in [0.4, 0.5) is 4.79 Å². The van der Waals surface area contributed by atoms with Gasteiger partial charge in [-0.2, -0.15) is 0 Å². The highest BCUT2D eigenvalue weighted by Gasteiger charge is 2.53. The van der Waals surface area contributed by atoms with Crippen molar-refractivity contribution in [3.63, 3.8) is 0 Å². The minimum atomic E-state index is 0.00982. The van der Waals surface area contributed by atoms with Crippen LogP contribution in [0.25, 0.3) is 0 Å². The third kappa shape index (κ3) is 2.99. The third-order valence-corrected chi connectivity index (χ3v) is 6.60. The van der Waals surface area contributed by atoms with Crippen molar-refractivity contribution in [1.82, 2.24) is 10.6 Å². The molecule has 0 heterocycles. The van der Waals surface area contributed by atoms with Crippen LogP contribution in [0.3, 0.4) is 0 Å². The first kappa shape index (κ1) is 15.8. The van der Waals surface area contributed by atoms with Crippen molar-refractivity contribution < 1.29 is 9.53 Å². The first-order valence-electron chi connectivity index (χ1n) is 9.42. The van der Waals surface area contributed by atoms with E-state index in [1.807, 2.05) is 12.1 Å². The van der Waals surface area contributed by atoms with Gasteiger partial charge in [-0.3, -0.25) is 0 Å². The van der Waals surface area contributed by atoms with E-state index < -0.39 is 0 Å². The Kier molecular flexibility index (Phi) is 4.38. The van der Waals surface area contributed by atoms with Crippen LogP contribution in [-0.2, 0) is 6.42 Å². The van der Waals surface area contributed by atoms with Crippen molar-refractivity contribution >= 4 is 6.03 Å². The topological polar surface area (TPSA) is 50.4 Å². The number of carbonyl (C=O) groups excluding carboxylic acids is 1. The average Bonchev–Trinajstić information content (AvgIpc) is 3.28. The zero-order valence-electron chi connectivity index (χ0n) is 14.5. The Labute approximate surface area is 144 Å². The van der Waals surface area contributed by atoms with Crippen molar-refractivity contribution in [2.24, 2.45) is 23.7 Å². The van der Waals surface area contributed by atoms with E-state index in [0.717, 1.165) is 35.8 Å². The molecule has 3 aliphatic carbocycles. The van der Waals surface area contributed by atoms with Crippen LogP contribution in [0, 0.1) is 23.7 Å². The predicted molar refractivity (Wildman–Crippen MR) is 94.1 cm³/mol. The third-order valence-electron chi connectivity index (χ3n) is 6.60. The highest BCUT2D eigenvalue weighted by atomic mass is 16.5. The van der Waals surface area contributed by atoms with Crippen molar-refractivity contribution in [2.45, 2.75) is 44.6 Å². The maximum atomic E-state index is 12.2. The zero-order chi connectivity index (χ0) is 16.5. The molecular formula is C20H28N2O2. The number of methoxy groups -OCH3 is 1. The summed E-state index contributed by atoms with van der Waals surface area (Å²) < 4.78 is 5.16. The molecule has 0 aliphatic heterocycles. The molecule has 1 aromatic carbocycles. The molecule has 2 bridgehead atoms. The molecule has 0 aromatic heterocycles. The van der Waals surface area contributed by atoms with Crippen LogP contribution >= 0.6 is 0 Å². The summed E-state index contributed by atoms with van der Waals surface area (Å²) in [6, 6.07) is 8.44. The predicted octanol–water partition coefficient (Wildman–Crippen LogP) is 3.36. The SMILES string of the molecule is COc1ccc(CCNC(=O)N[C@H]2C[C@@H]3C[C@@H]2[C@@H]2CCC[C@@H]32)cc1. The number of fused-ring (bicyclic) bond motifs is 5. The van der Waals surface area contributed by atoms with Gasteiger partial charge in [0.05, 0.1) is 7.11 Å². The molecule has 2 amide bonds. The second-order valence-corrected chi connectivity index (χ2v) is 7.76. The van der Waals surface area contributed by atoms with E-state index in [4.69, 9.17) is 4.74 Å². The summed E-state index contributed by atoms with van der Waals surface area (Å²) in [6.45, 7) is 0.672. The Bertz CT molecular complexity index is 586. The Morgan fingerprint density at radius 3 is 2.71 bits per heavy atom. The summed E-state index contributed by atoms with van der Waals surface area (Å²) in [7, 11) is 1.67. The van der Waals surface area contributed by atoms with Gasteiger partial charge in [0.2, 0.25) is 0 Å². The first-order chi connectivity index (χ1) is 11.7. The fourth-order valence-corrected chi connectivity index (χ4v) is 5.57. The van der Waals surface area contributed by atoms with Crippen LogP contribution in [0.15, 0.2) is 24.3 Å². The monoisotopic (exact) mass is 328 g/mol. The highest BCUT2D eigenvalue weighted by molar-refractivity contribution is 5.74. The van der Waals surface area contributed by atoms with Gasteiger partial charge in [0, 0.05) is 12.6 Å². The second-order valence-electron chi connectivity index (χ2n) is 7.76. The minimum absolute atomic E-state index is 0.00982. The summed E-state index contributed by atoms with van der Waals surface area (Å²) in [4.78, 5) is 12.2. The molecule has 24 heavy (non-hydrogen) atoms. The van der Waals surface area contributed by atoms with Crippen molar-refractivity contribution in [2.75, 3.05) is 13.7 Å². The largest absolute Gasteiger partial charge is 0.497 e. The first-order valence-corrected chi connectivity index (χ1v) is 9.42. The number of hydrogen-bond donors (Lipinski definition) is 2. The molecule has 2 N–H and O–H groups in total. The molecule has 1 aromatic rings. The van der Waals surface area contributed by atoms with Crippen LogP contribution in [0.1, 0.15) is 37.7 Å². The normalized spacial score (nSPS) is 33.3. The Morgan fingerprint density at radius 2 is 1.92 bits per heavy atom. The average molecular weight is 328 g/mol. The lowest BCUT2D eigenvalue weighted by atomic mass is 9.79. The fourth-order valence-electron chi connectivity index (χ4n) is 5.57. The lowest BCUT2D eigenvalue weighted by Gasteiger charge is -2.32. The fraction of sp³-hybridized carbons (Fsp3) is 0.650. The van der Waals surface area contributed by atoms with Gasteiger partial charge < -0.3 is 15.4 Å². The Hall–Kier alpha value is -1.71. The maximum absolute atomic E-state index is 12.2. The van der Waals surface area contributed by atoms with Gasteiger partial charge in [0.1, 0.15) is 5.75 Å². The molecule has 3 fully saturated rings. The van der Waals surface area contributed by atoms with Gasteiger partial charge in [-0.25, -0.2) is 4.79 Å². The minimum Gasteiger partial charge on any atom is -0.497 e. The van der Waals surface area contributed by atoms with Crippen LogP contribution in [0.5, 0.6) is 5.75 Å². The molecule has 4 rings (SSSR count). The molecule has 0 saturated heterocycles. The van der Waals surface area contributed by atoms with Gasteiger partial charge in [-0.1, -0.05) is 18.6 Å². The molecular weight excluding hydrogens is 300 g/mol. The molecule has 0 radical (unpaired) electrons. The molecule has 4 heteroatoms. The number of amides is 2. The zero-order valence-corrected chi connectivity index (χ0v) is 14.5. The van der Waals surface area contributed by atoms with Gasteiger partial charge in [0.15, 0.2) is 0 Å². The van der Waals surface area contributed by atoms with Gasteiger partial charge in [-0.15, -0.1) is 0 Å². The summed E-state index contributed by atoms with van der Waals surface area (Å²) in [5, 5.41) is 6.28. The van der Waals surface area contributed by atoms with Gasteiger partial charge in [0.25, 0.3) is 0 Å². The van der Waals surface area contributed by atoms with Crippen molar-refractivity contribution in [1.29, 1.82) is 0 Å². The van der Waals surface area contributed by atoms with Crippen LogP contribution in [-0.4, -0.2) is 25.7 Å². The summed E-state index contributed by atoms with van der Waals surface area (Å²) in [5.74, 6) is 4.37. The number of carbonyl (C=O) groups is 1. The van der Waals surface area contributed by atoms with E-state index in [9.17, 15) is 4.79 Å². The molecule has 5 atom stereocenters. The lowest BCUT2D eigenvalue weighted by Crippen LogP contribution is -2.47. The number of nitrogens with one attached hydrogen (secondary N) is 2. The smallest absolute Gasteiger partial charge is 0.315 e. The quantitative estimate of drug-likeness (QED) is 0.871. The molecule has 130 valence electrons. The van der Waals surface area contributed by atoms with E-state index >= 15 is 0 Å². The van der Waals surface area contributed by atoms with E-state index in [1.165, 1.54) is 37.7 Å². The second kappa shape index (κ2) is 6.66. The maximum Gasteiger partial charge on any atom is 0.315 e. The number of hydrogen-bond acceptors (Lipinski definition) is 2. The molecule has 3 aliphatic rings. The lowest BCUT2D eigenvalue weighted by molar-refractivity contribution is 0.198. The number of rotatable bonds is 5. The number of benzene rings is 1. The van der Waals surface area contributed by atoms with Crippen molar-refractivity contribution in [3.05, 3.63) is 29.8 Å². The summed E-state index contributed by atoms with van der Waals surface area (Å²) >= 11 is 0. The number of ether oxygens (including phenoxy) is 1. The van der Waals surface area contributed by atoms with E-state index in [0.29, 0.717) is 12.6 Å². The highest BCUT2D eigenvalue weighted by Crippen LogP contribution is 2.58. The van der Waals surface area contributed by atoms with Crippen LogP contribution < -0.4 is 15.4 Å². The van der Waals surface area contributed by atoms with Crippen LogP contribution in [0.2, 0.25) is 0 Å². The molecule has 3 saturated carbocycles. The van der Waals surface area contributed by atoms with Gasteiger partial charge >= 0.3 is 6.03 Å². The summed E-state index contributed by atoms with van der Waals surface area (Å²) in [5.41, 5.74) is 1.21. The standard InChI is InChI=1S/C20H28N2O2/c1-24-15-7-5-13(6-8-15)9-10-21-20(23)22-19-12-14-11-18(19)17-4-2-3-16(14)17/h5-8,14,16-19H,2-4,9-12H2,1H3,(H2,21,22,23)/t14-,16-,17+,18+,19-/m0/s1. The Morgan fingerprint density at radius 1 is 1.12 bits per heavy atom.